The van der Waals surface area contributed by atoms with Crippen molar-refractivity contribution in [1.82, 2.24) is 0 Å². The van der Waals surface area contributed by atoms with Crippen LogP contribution in [0.5, 0.6) is 0 Å². The molecule has 0 aliphatic heterocycles. The maximum atomic E-state index is 13.1. The zero-order valence-electron chi connectivity index (χ0n) is 9.40. The minimum atomic E-state index is -0.956. The minimum Gasteiger partial charge on any atom is -0.366 e. The molecule has 0 bridgehead atoms. The van der Waals surface area contributed by atoms with Crippen LogP contribution in [0.25, 0.3) is 0 Å². The number of nitriles is 1. The third-order valence-corrected chi connectivity index (χ3v) is 2.49. The molecule has 1 N–H and O–H groups in total. The van der Waals surface area contributed by atoms with Crippen LogP contribution >= 0.6 is 0 Å². The molecule has 18 heavy (non-hydrogen) atoms. The summed E-state index contributed by atoms with van der Waals surface area (Å²) in [5.74, 6) is -1.88. The Labute approximate surface area is 103 Å². The van der Waals surface area contributed by atoms with E-state index in [2.05, 4.69) is 5.32 Å². The van der Waals surface area contributed by atoms with Gasteiger partial charge in [0.2, 0.25) is 0 Å². The van der Waals surface area contributed by atoms with E-state index in [0.29, 0.717) is 5.56 Å². The highest BCUT2D eigenvalue weighted by atomic mass is 19.2. The van der Waals surface area contributed by atoms with Crippen LogP contribution in [0.2, 0.25) is 0 Å². The summed E-state index contributed by atoms with van der Waals surface area (Å²) in [5, 5.41) is 12.0. The number of hydrogen-bond acceptors (Lipinski definition) is 2. The molecule has 0 fully saturated rings. The Morgan fingerprint density at radius 3 is 2.33 bits per heavy atom. The maximum Gasteiger partial charge on any atom is 0.159 e. The smallest absolute Gasteiger partial charge is 0.159 e. The van der Waals surface area contributed by atoms with Crippen LogP contribution in [0.15, 0.2) is 48.5 Å². The number of anilines is 1. The molecule has 2 aromatic rings. The van der Waals surface area contributed by atoms with Gasteiger partial charge in [0.25, 0.3) is 0 Å². The quantitative estimate of drug-likeness (QED) is 0.894. The van der Waals surface area contributed by atoms with Crippen LogP contribution in [0, 0.1) is 23.0 Å². The van der Waals surface area contributed by atoms with Crippen LogP contribution in [-0.2, 0) is 0 Å². The molecule has 0 amide bonds. The Hall–Kier alpha value is -2.41. The van der Waals surface area contributed by atoms with Gasteiger partial charge in [0.1, 0.15) is 6.04 Å². The molecule has 4 heteroatoms. The molecule has 0 spiro atoms. The molecule has 2 nitrogen and oxygen atoms in total. The largest absolute Gasteiger partial charge is 0.366 e. The van der Waals surface area contributed by atoms with Crippen molar-refractivity contribution in [1.29, 1.82) is 5.26 Å². The van der Waals surface area contributed by atoms with E-state index in [1.165, 1.54) is 6.07 Å². The Morgan fingerprint density at radius 2 is 1.72 bits per heavy atom. The van der Waals surface area contributed by atoms with E-state index in [9.17, 15) is 8.78 Å². The second-order valence-corrected chi connectivity index (χ2v) is 3.75. The van der Waals surface area contributed by atoms with Gasteiger partial charge in [0.15, 0.2) is 11.6 Å². The van der Waals surface area contributed by atoms with Crippen molar-refractivity contribution in [3.63, 3.8) is 0 Å². The summed E-state index contributed by atoms with van der Waals surface area (Å²) in [5.41, 5.74) is 1.13. The fourth-order valence-electron chi connectivity index (χ4n) is 1.58. The van der Waals surface area contributed by atoms with Gasteiger partial charge in [-0.1, -0.05) is 24.3 Å². The van der Waals surface area contributed by atoms with Gasteiger partial charge in [-0.25, -0.2) is 8.78 Å². The molecule has 2 rings (SSSR count). The Balaban J connectivity index is 2.24. The third-order valence-electron chi connectivity index (χ3n) is 2.49. The zero-order valence-corrected chi connectivity index (χ0v) is 9.40. The van der Waals surface area contributed by atoms with Crippen molar-refractivity contribution in [2.24, 2.45) is 0 Å². The lowest BCUT2D eigenvalue weighted by molar-refractivity contribution is 0.507. The number of halogens is 2. The fourth-order valence-corrected chi connectivity index (χ4v) is 1.58. The predicted molar refractivity (Wildman–Crippen MR) is 64.8 cm³/mol. The molecule has 0 heterocycles. The van der Waals surface area contributed by atoms with Gasteiger partial charge < -0.3 is 5.32 Å². The first-order chi connectivity index (χ1) is 8.70. The van der Waals surface area contributed by atoms with E-state index in [4.69, 9.17) is 5.26 Å². The number of hydrogen-bond donors (Lipinski definition) is 1. The summed E-state index contributed by atoms with van der Waals surface area (Å²) in [7, 11) is 0. The van der Waals surface area contributed by atoms with Crippen molar-refractivity contribution in [3.05, 3.63) is 65.7 Å². The molecule has 0 saturated heterocycles. The van der Waals surface area contributed by atoms with Gasteiger partial charge in [-0.15, -0.1) is 0 Å². The first-order valence-corrected chi connectivity index (χ1v) is 5.37. The van der Waals surface area contributed by atoms with Crippen LogP contribution in [0.4, 0.5) is 14.5 Å². The van der Waals surface area contributed by atoms with E-state index in [-0.39, 0.29) is 0 Å². The number of rotatable bonds is 3. The van der Waals surface area contributed by atoms with Crippen molar-refractivity contribution in [2.75, 3.05) is 5.32 Å². The number of benzene rings is 2. The zero-order chi connectivity index (χ0) is 13.0. The molecular weight excluding hydrogens is 234 g/mol. The van der Waals surface area contributed by atoms with Crippen molar-refractivity contribution in [2.45, 2.75) is 6.04 Å². The molecule has 90 valence electrons. The maximum absolute atomic E-state index is 13.1. The van der Waals surface area contributed by atoms with Gasteiger partial charge in [-0.3, -0.25) is 0 Å². The molecule has 1 atom stereocenters. The summed E-state index contributed by atoms with van der Waals surface area (Å²) in [6.45, 7) is 0. The molecule has 0 aromatic heterocycles. The Bertz CT molecular complexity index is 576. The average Bonchev–Trinajstić information content (AvgIpc) is 2.40. The SMILES string of the molecule is N#CC(Nc1ccccc1)c1ccc(F)c(F)c1. The monoisotopic (exact) mass is 244 g/mol. The lowest BCUT2D eigenvalue weighted by atomic mass is 10.1. The number of nitrogens with one attached hydrogen (secondary N) is 1. The summed E-state index contributed by atoms with van der Waals surface area (Å²) in [4.78, 5) is 0. The van der Waals surface area contributed by atoms with Crippen LogP contribution in [-0.4, -0.2) is 0 Å². The van der Waals surface area contributed by atoms with Crippen molar-refractivity contribution < 1.29 is 8.78 Å². The van der Waals surface area contributed by atoms with Crippen molar-refractivity contribution >= 4 is 5.69 Å². The normalized spacial score (nSPS) is 11.6. The fraction of sp³-hybridized carbons (Fsp3) is 0.0714. The number of nitrogens with zero attached hydrogens (tertiary/aromatic N) is 1. The van der Waals surface area contributed by atoms with Crippen LogP contribution in [0.1, 0.15) is 11.6 Å². The highest BCUT2D eigenvalue weighted by molar-refractivity contribution is 5.47. The molecule has 1 unspecified atom stereocenters. The van der Waals surface area contributed by atoms with Crippen molar-refractivity contribution in [3.8, 4) is 6.07 Å². The average molecular weight is 244 g/mol. The third kappa shape index (κ3) is 2.64. The molecule has 0 saturated carbocycles. The van der Waals surface area contributed by atoms with Crippen LogP contribution in [0.3, 0.4) is 0 Å². The highest BCUT2D eigenvalue weighted by Crippen LogP contribution is 2.20. The summed E-state index contributed by atoms with van der Waals surface area (Å²) < 4.78 is 25.9. The molecule has 2 aromatic carbocycles. The minimum absolute atomic E-state index is 0.389. The second-order valence-electron chi connectivity index (χ2n) is 3.75. The van der Waals surface area contributed by atoms with Crippen LogP contribution < -0.4 is 5.32 Å². The standard InChI is InChI=1S/C14H10F2N2/c15-12-7-6-10(8-13(12)16)14(9-17)18-11-4-2-1-3-5-11/h1-8,14,18H. The van der Waals surface area contributed by atoms with Gasteiger partial charge in [-0.05, 0) is 29.8 Å². The summed E-state index contributed by atoms with van der Waals surface area (Å²) in [6.07, 6.45) is 0. The first-order valence-electron chi connectivity index (χ1n) is 5.37. The van der Waals surface area contributed by atoms with Gasteiger partial charge in [0, 0.05) is 5.69 Å². The second kappa shape index (κ2) is 5.28. The van der Waals surface area contributed by atoms with E-state index >= 15 is 0 Å². The van der Waals surface area contributed by atoms with E-state index in [1.54, 1.807) is 12.1 Å². The summed E-state index contributed by atoms with van der Waals surface area (Å²) >= 11 is 0. The lowest BCUT2D eigenvalue weighted by Crippen LogP contribution is -2.09. The number of para-hydroxylation sites is 1. The Kier molecular flexibility index (Phi) is 3.54. The predicted octanol–water partition coefficient (Wildman–Crippen LogP) is 3.64. The van der Waals surface area contributed by atoms with E-state index in [0.717, 1.165) is 17.8 Å². The molecule has 0 radical (unpaired) electrons. The molecule has 0 aliphatic rings. The molecule has 0 aliphatic carbocycles. The van der Waals surface area contributed by atoms with E-state index < -0.39 is 17.7 Å². The van der Waals surface area contributed by atoms with Gasteiger partial charge >= 0.3 is 0 Å². The molecular formula is C14H10F2N2. The highest BCUT2D eigenvalue weighted by Gasteiger charge is 2.12. The first kappa shape index (κ1) is 12.1. The lowest BCUT2D eigenvalue weighted by Gasteiger charge is -2.13. The van der Waals surface area contributed by atoms with Gasteiger partial charge in [0.05, 0.1) is 6.07 Å². The Morgan fingerprint density at radius 1 is 1.00 bits per heavy atom. The topological polar surface area (TPSA) is 35.8 Å². The van der Waals surface area contributed by atoms with E-state index in [1.807, 2.05) is 24.3 Å². The summed E-state index contributed by atoms with van der Waals surface area (Å²) in [6, 6.07) is 13.8. The van der Waals surface area contributed by atoms with Gasteiger partial charge in [-0.2, -0.15) is 5.26 Å².